The minimum atomic E-state index is -0.545. The molecule has 1 aliphatic rings. The number of carbonyl (C=O) groups is 2. The van der Waals surface area contributed by atoms with Gasteiger partial charge in [0.05, 0.1) is 11.3 Å². The largest absolute Gasteiger partial charge is 0.370 e. The van der Waals surface area contributed by atoms with Gasteiger partial charge in [-0.15, -0.1) is 0 Å². The van der Waals surface area contributed by atoms with Crippen LogP contribution in [0.5, 0.6) is 0 Å². The smallest absolute Gasteiger partial charge is 0.270 e. The molecule has 1 aliphatic heterocycles. The molecule has 0 bridgehead atoms. The van der Waals surface area contributed by atoms with E-state index in [-0.39, 0.29) is 11.5 Å². The summed E-state index contributed by atoms with van der Waals surface area (Å²) in [6.45, 7) is 3.07. The number of nitrogens with zero attached hydrogens (tertiary/aromatic N) is 2. The Bertz CT molecular complexity index is 1480. The molecule has 7 heteroatoms. The summed E-state index contributed by atoms with van der Waals surface area (Å²) in [4.78, 5) is 43.7. The van der Waals surface area contributed by atoms with Gasteiger partial charge in [0.1, 0.15) is 5.56 Å². The molecule has 37 heavy (non-hydrogen) atoms. The lowest BCUT2D eigenvalue weighted by atomic mass is 10.0. The molecule has 0 spiro atoms. The van der Waals surface area contributed by atoms with E-state index in [1.807, 2.05) is 59.5 Å². The third-order valence-corrected chi connectivity index (χ3v) is 6.54. The molecule has 0 atom stereocenters. The van der Waals surface area contributed by atoms with Gasteiger partial charge in [0, 0.05) is 35.8 Å². The van der Waals surface area contributed by atoms with Gasteiger partial charge in [-0.1, -0.05) is 54.6 Å². The van der Waals surface area contributed by atoms with Gasteiger partial charge in [-0.3, -0.25) is 19.0 Å². The highest BCUT2D eigenvalue weighted by Crippen LogP contribution is 2.32. The molecule has 2 amide bonds. The Morgan fingerprint density at radius 2 is 1.14 bits per heavy atom. The van der Waals surface area contributed by atoms with Crippen LogP contribution in [0.4, 0.5) is 17.1 Å². The number of anilines is 3. The van der Waals surface area contributed by atoms with Crippen LogP contribution < -0.4 is 21.1 Å². The Morgan fingerprint density at radius 3 is 1.65 bits per heavy atom. The zero-order valence-electron chi connectivity index (χ0n) is 20.6. The minimum Gasteiger partial charge on any atom is -0.370 e. The lowest BCUT2D eigenvalue weighted by Crippen LogP contribution is -2.37. The summed E-state index contributed by atoms with van der Waals surface area (Å²) in [5, 5.41) is 5.83. The number of hydrogen-bond acceptors (Lipinski definition) is 4. The molecule has 0 saturated carbocycles. The maximum absolute atomic E-state index is 14.1. The van der Waals surface area contributed by atoms with E-state index in [1.54, 1.807) is 43.3 Å². The van der Waals surface area contributed by atoms with Gasteiger partial charge in [0.2, 0.25) is 0 Å². The fraction of sp³-hybridized carbons (Fsp3) is 0.167. The number of carbonyl (C=O) groups excluding carboxylic acids is 2. The lowest BCUT2D eigenvalue weighted by Gasteiger charge is -2.27. The van der Waals surface area contributed by atoms with Crippen LogP contribution in [-0.4, -0.2) is 29.5 Å². The fourth-order valence-electron chi connectivity index (χ4n) is 4.83. The molecule has 1 saturated heterocycles. The van der Waals surface area contributed by atoms with E-state index in [1.165, 1.54) is 4.57 Å². The molecule has 4 aromatic rings. The summed E-state index contributed by atoms with van der Waals surface area (Å²) in [6.07, 6.45) is 1.83. The van der Waals surface area contributed by atoms with Crippen LogP contribution in [0.15, 0.2) is 95.8 Å². The first kappa shape index (κ1) is 24.1. The van der Waals surface area contributed by atoms with Crippen LogP contribution in [0.3, 0.4) is 0 Å². The second-order valence-electron chi connectivity index (χ2n) is 8.99. The van der Waals surface area contributed by atoms with Gasteiger partial charge >= 0.3 is 0 Å². The zero-order chi connectivity index (χ0) is 25.8. The number of hydrogen-bond donors (Lipinski definition) is 2. The predicted molar refractivity (Wildman–Crippen MR) is 147 cm³/mol. The number of benzene rings is 3. The second-order valence-corrected chi connectivity index (χ2v) is 8.99. The summed E-state index contributed by atoms with van der Waals surface area (Å²) in [5.74, 6) is -0.916. The lowest BCUT2D eigenvalue weighted by molar-refractivity contribution is 0.102. The van der Waals surface area contributed by atoms with E-state index in [4.69, 9.17) is 0 Å². The van der Waals surface area contributed by atoms with Crippen molar-refractivity contribution in [2.45, 2.75) is 19.8 Å². The first-order valence-corrected chi connectivity index (χ1v) is 12.4. The van der Waals surface area contributed by atoms with Crippen LogP contribution in [0.2, 0.25) is 0 Å². The van der Waals surface area contributed by atoms with Gasteiger partial charge in [-0.25, -0.2) is 0 Å². The molecule has 1 fully saturated rings. The van der Waals surface area contributed by atoms with Crippen molar-refractivity contribution in [1.82, 2.24) is 4.57 Å². The van der Waals surface area contributed by atoms with Gasteiger partial charge in [-0.05, 0) is 56.2 Å². The number of nitrogens with one attached hydrogen (secondary N) is 2. The molecule has 0 unspecified atom stereocenters. The topological polar surface area (TPSA) is 83.4 Å². The second kappa shape index (κ2) is 10.5. The van der Waals surface area contributed by atoms with Crippen LogP contribution >= 0.6 is 0 Å². The number of aromatic nitrogens is 1. The van der Waals surface area contributed by atoms with Crippen LogP contribution in [0.25, 0.3) is 5.69 Å². The number of pyridine rings is 1. The predicted octanol–water partition coefficient (Wildman–Crippen LogP) is 5.25. The SMILES string of the molecule is Cc1c(C(=O)Nc2ccccc2)c(N2CCCC2)c(C(=O)Nc2ccccc2)c(=O)n1-c1ccccc1. The van der Waals surface area contributed by atoms with Gasteiger partial charge in [-0.2, -0.15) is 0 Å². The molecule has 186 valence electrons. The molecule has 2 heterocycles. The van der Waals surface area contributed by atoms with E-state index in [0.717, 1.165) is 12.8 Å². The monoisotopic (exact) mass is 492 g/mol. The van der Waals surface area contributed by atoms with Gasteiger partial charge in [0.15, 0.2) is 0 Å². The molecule has 5 rings (SSSR count). The highest BCUT2D eigenvalue weighted by molar-refractivity contribution is 6.15. The first-order valence-electron chi connectivity index (χ1n) is 12.4. The van der Waals surface area contributed by atoms with Crippen molar-refractivity contribution in [3.8, 4) is 5.69 Å². The molecule has 0 radical (unpaired) electrons. The summed E-state index contributed by atoms with van der Waals surface area (Å²) in [6, 6.07) is 27.3. The first-order chi connectivity index (χ1) is 18.0. The van der Waals surface area contributed by atoms with E-state index in [0.29, 0.717) is 47.1 Å². The number of amides is 2. The van der Waals surface area contributed by atoms with Crippen molar-refractivity contribution < 1.29 is 9.59 Å². The average Bonchev–Trinajstić information content (AvgIpc) is 3.45. The van der Waals surface area contributed by atoms with Crippen LogP contribution in [-0.2, 0) is 0 Å². The standard InChI is InChI=1S/C30H28N4O3/c1-21-25(28(35)31-22-13-5-2-6-14-22)27(33-19-11-12-20-33)26(29(36)32-23-15-7-3-8-16-23)30(37)34(21)24-17-9-4-10-18-24/h2-10,13-18H,11-12,19-20H2,1H3,(H,31,35)(H,32,36). The molecule has 3 aromatic carbocycles. The van der Waals surface area contributed by atoms with Crippen molar-refractivity contribution in [2.75, 3.05) is 28.6 Å². The summed E-state index contributed by atoms with van der Waals surface area (Å²) in [5.41, 5.74) is 2.45. The van der Waals surface area contributed by atoms with E-state index < -0.39 is 11.5 Å². The molecular weight excluding hydrogens is 464 g/mol. The third-order valence-electron chi connectivity index (χ3n) is 6.54. The molecule has 7 nitrogen and oxygen atoms in total. The average molecular weight is 493 g/mol. The number of para-hydroxylation sites is 3. The summed E-state index contributed by atoms with van der Waals surface area (Å²) < 4.78 is 1.46. The van der Waals surface area contributed by atoms with Crippen molar-refractivity contribution in [3.05, 3.63) is 118 Å². The maximum Gasteiger partial charge on any atom is 0.270 e. The normalized spacial score (nSPS) is 12.8. The van der Waals surface area contributed by atoms with E-state index in [9.17, 15) is 14.4 Å². The maximum atomic E-state index is 14.1. The molecule has 2 N–H and O–H groups in total. The molecule has 1 aromatic heterocycles. The third kappa shape index (κ3) is 4.89. The van der Waals surface area contributed by atoms with Crippen molar-refractivity contribution >= 4 is 28.9 Å². The van der Waals surface area contributed by atoms with E-state index in [2.05, 4.69) is 10.6 Å². The highest BCUT2D eigenvalue weighted by Gasteiger charge is 2.32. The van der Waals surface area contributed by atoms with Crippen LogP contribution in [0.1, 0.15) is 39.3 Å². The van der Waals surface area contributed by atoms with Gasteiger partial charge < -0.3 is 15.5 Å². The van der Waals surface area contributed by atoms with Crippen molar-refractivity contribution in [2.24, 2.45) is 0 Å². The zero-order valence-corrected chi connectivity index (χ0v) is 20.6. The summed E-state index contributed by atoms with van der Waals surface area (Å²) in [7, 11) is 0. The fourth-order valence-corrected chi connectivity index (χ4v) is 4.83. The Morgan fingerprint density at radius 1 is 0.676 bits per heavy atom. The Hall–Kier alpha value is -4.65. The van der Waals surface area contributed by atoms with Crippen molar-refractivity contribution in [1.29, 1.82) is 0 Å². The Balaban J connectivity index is 1.75. The van der Waals surface area contributed by atoms with E-state index >= 15 is 0 Å². The van der Waals surface area contributed by atoms with Gasteiger partial charge in [0.25, 0.3) is 17.4 Å². The Labute approximate surface area is 215 Å². The number of rotatable bonds is 6. The Kier molecular flexibility index (Phi) is 6.85. The molecule has 0 aliphatic carbocycles. The quantitative estimate of drug-likeness (QED) is 0.385. The minimum absolute atomic E-state index is 0.0431. The van der Waals surface area contributed by atoms with Crippen molar-refractivity contribution in [3.63, 3.8) is 0 Å². The highest BCUT2D eigenvalue weighted by atomic mass is 16.2. The summed E-state index contributed by atoms with van der Waals surface area (Å²) >= 11 is 0. The van der Waals surface area contributed by atoms with Crippen LogP contribution in [0, 0.1) is 6.92 Å². The molecular formula is C30H28N4O3.